The van der Waals surface area contributed by atoms with Gasteiger partial charge < -0.3 is 4.74 Å². The fourth-order valence-corrected chi connectivity index (χ4v) is 4.50. The molecular formula is C16H19F14NO4S. The van der Waals surface area contributed by atoms with Gasteiger partial charge in [-0.05, 0) is 12.3 Å². The standard InChI is InChI=1S/C16H19F14NO4S/c1-3-31(8-10(32)35-2)36(33,34)5-4-9(6-11(17,13(19,20)21)14(22,23)24)7-12(18,15(25,26)27)16(28,29)30/h9H,3-8H2,1-2H3. The summed E-state index contributed by atoms with van der Waals surface area (Å²) in [5.74, 6) is -6.43. The van der Waals surface area contributed by atoms with Crippen molar-refractivity contribution in [1.82, 2.24) is 4.31 Å². The van der Waals surface area contributed by atoms with Crippen molar-refractivity contribution in [3.05, 3.63) is 0 Å². The average Bonchev–Trinajstić information content (AvgIpc) is 2.66. The Labute approximate surface area is 194 Å². The number of halogens is 14. The van der Waals surface area contributed by atoms with Gasteiger partial charge in [0.25, 0.3) is 11.3 Å². The number of ether oxygens (including phenoxy) is 1. The summed E-state index contributed by atoms with van der Waals surface area (Å²) in [5.41, 5.74) is -12.8. The lowest BCUT2D eigenvalue weighted by Gasteiger charge is -2.37. The number of alkyl halides is 14. The zero-order valence-corrected chi connectivity index (χ0v) is 18.9. The van der Waals surface area contributed by atoms with E-state index in [1.54, 1.807) is 0 Å². The Bertz CT molecular complexity index is 779. The molecule has 0 aromatic heterocycles. The van der Waals surface area contributed by atoms with Crippen LogP contribution in [0.4, 0.5) is 61.5 Å². The molecule has 0 atom stereocenters. The van der Waals surface area contributed by atoms with Crippen molar-refractivity contribution in [3.63, 3.8) is 0 Å². The second kappa shape index (κ2) is 11.0. The third-order valence-electron chi connectivity index (χ3n) is 5.00. The van der Waals surface area contributed by atoms with E-state index in [9.17, 15) is 74.7 Å². The molecule has 0 aliphatic heterocycles. The van der Waals surface area contributed by atoms with Gasteiger partial charge in [0.2, 0.25) is 10.0 Å². The summed E-state index contributed by atoms with van der Waals surface area (Å²) in [5, 5.41) is 0. The van der Waals surface area contributed by atoms with E-state index in [0.29, 0.717) is 0 Å². The quantitative estimate of drug-likeness (QED) is 0.245. The largest absolute Gasteiger partial charge is 0.468 e. The summed E-state index contributed by atoms with van der Waals surface area (Å²) in [7, 11) is -4.18. The lowest BCUT2D eigenvalue weighted by atomic mass is 9.81. The van der Waals surface area contributed by atoms with Crippen LogP contribution in [0.25, 0.3) is 0 Å². The Morgan fingerprint density at radius 2 is 1.08 bits per heavy atom. The third kappa shape index (κ3) is 7.70. The second-order valence-corrected chi connectivity index (χ2v) is 9.56. The molecule has 20 heteroatoms. The normalized spacial score (nSPS) is 15.1. The summed E-state index contributed by atoms with van der Waals surface area (Å²) in [4.78, 5) is 11.3. The van der Waals surface area contributed by atoms with Crippen LogP contribution < -0.4 is 0 Å². The van der Waals surface area contributed by atoms with Crippen molar-refractivity contribution >= 4 is 16.0 Å². The minimum atomic E-state index is -6.93. The molecule has 0 amide bonds. The maximum Gasteiger partial charge on any atom is 0.431 e. The van der Waals surface area contributed by atoms with Crippen LogP contribution in [-0.4, -0.2) is 80.7 Å². The van der Waals surface area contributed by atoms with Crippen molar-refractivity contribution in [2.75, 3.05) is 26.0 Å². The van der Waals surface area contributed by atoms with E-state index in [4.69, 9.17) is 0 Å². The van der Waals surface area contributed by atoms with E-state index in [2.05, 4.69) is 4.74 Å². The predicted octanol–water partition coefficient (Wildman–Crippen LogP) is 5.26. The molecule has 0 heterocycles. The molecule has 0 radical (unpaired) electrons. The molecule has 0 spiro atoms. The number of carbonyl (C=O) groups excluding carboxylic acids is 1. The molecule has 0 N–H and O–H groups in total. The third-order valence-corrected chi connectivity index (χ3v) is 6.93. The molecule has 0 rings (SSSR count). The van der Waals surface area contributed by atoms with Gasteiger partial charge in [0.05, 0.1) is 12.9 Å². The van der Waals surface area contributed by atoms with Gasteiger partial charge in [-0.2, -0.15) is 57.0 Å². The summed E-state index contributed by atoms with van der Waals surface area (Å²) in [6.07, 6.45) is -36.1. The van der Waals surface area contributed by atoms with Crippen LogP contribution in [-0.2, 0) is 19.6 Å². The smallest absolute Gasteiger partial charge is 0.431 e. The Balaban J connectivity index is 6.52. The second-order valence-electron chi connectivity index (χ2n) is 7.47. The molecule has 216 valence electrons. The number of carbonyl (C=O) groups is 1. The number of likely N-dealkylation sites (N-methyl/N-ethyl adjacent to an activating group) is 1. The van der Waals surface area contributed by atoms with E-state index < -0.39 is 96.1 Å². The van der Waals surface area contributed by atoms with Crippen molar-refractivity contribution in [3.8, 4) is 0 Å². The predicted molar refractivity (Wildman–Crippen MR) is 92.3 cm³/mol. The van der Waals surface area contributed by atoms with Gasteiger partial charge in [0.15, 0.2) is 0 Å². The minimum absolute atomic E-state index is 0.183. The van der Waals surface area contributed by atoms with E-state index in [-0.39, 0.29) is 4.31 Å². The molecule has 0 saturated heterocycles. The highest BCUT2D eigenvalue weighted by molar-refractivity contribution is 7.89. The molecule has 0 aliphatic carbocycles. The van der Waals surface area contributed by atoms with E-state index in [1.165, 1.54) is 0 Å². The first kappa shape index (κ1) is 34.4. The summed E-state index contributed by atoms with van der Waals surface area (Å²) >= 11 is 0. The molecule has 0 unspecified atom stereocenters. The van der Waals surface area contributed by atoms with Crippen molar-refractivity contribution in [1.29, 1.82) is 0 Å². The fraction of sp³-hybridized carbons (Fsp3) is 0.938. The minimum Gasteiger partial charge on any atom is -0.468 e. The maximum absolute atomic E-state index is 14.1. The fourth-order valence-electron chi connectivity index (χ4n) is 2.92. The number of hydrogen-bond acceptors (Lipinski definition) is 4. The Hall–Kier alpha value is -1.60. The highest BCUT2D eigenvalue weighted by Gasteiger charge is 2.75. The Morgan fingerprint density at radius 1 is 0.750 bits per heavy atom. The number of hydrogen-bond donors (Lipinski definition) is 0. The molecular weight excluding hydrogens is 568 g/mol. The van der Waals surface area contributed by atoms with E-state index >= 15 is 0 Å². The van der Waals surface area contributed by atoms with Gasteiger partial charge >= 0.3 is 30.7 Å². The van der Waals surface area contributed by atoms with Crippen molar-refractivity contribution in [2.24, 2.45) is 5.92 Å². The molecule has 0 aromatic carbocycles. The van der Waals surface area contributed by atoms with Crippen LogP contribution in [0.5, 0.6) is 0 Å². The maximum atomic E-state index is 14.1. The summed E-state index contributed by atoms with van der Waals surface area (Å²) in [6.45, 7) is -0.660. The monoisotopic (exact) mass is 587 g/mol. The van der Waals surface area contributed by atoms with Crippen molar-refractivity contribution < 1.29 is 79.4 Å². The molecule has 0 aliphatic rings. The van der Waals surface area contributed by atoms with Crippen LogP contribution in [0.1, 0.15) is 26.2 Å². The number of methoxy groups -OCH3 is 1. The van der Waals surface area contributed by atoms with Gasteiger partial charge in [-0.3, -0.25) is 4.79 Å². The number of rotatable bonds is 11. The number of sulfonamides is 1. The van der Waals surface area contributed by atoms with Gasteiger partial charge in [-0.15, -0.1) is 0 Å². The first-order chi connectivity index (χ1) is 15.7. The molecule has 36 heavy (non-hydrogen) atoms. The molecule has 5 nitrogen and oxygen atoms in total. The Kier molecular flexibility index (Phi) is 10.5. The van der Waals surface area contributed by atoms with Gasteiger partial charge in [-0.1, -0.05) is 6.92 Å². The first-order valence-corrected chi connectivity index (χ1v) is 11.0. The highest BCUT2D eigenvalue weighted by atomic mass is 32.2. The molecule has 0 aromatic rings. The van der Waals surface area contributed by atoms with E-state index in [1.807, 2.05) is 0 Å². The summed E-state index contributed by atoms with van der Waals surface area (Å²) < 4.78 is 212. The zero-order chi connectivity index (χ0) is 29.2. The topological polar surface area (TPSA) is 63.7 Å². The molecule has 0 fully saturated rings. The summed E-state index contributed by atoms with van der Waals surface area (Å²) in [6, 6.07) is 0. The lowest BCUT2D eigenvalue weighted by molar-refractivity contribution is -0.356. The van der Waals surface area contributed by atoms with E-state index in [0.717, 1.165) is 14.0 Å². The van der Waals surface area contributed by atoms with Crippen LogP contribution in [0.15, 0.2) is 0 Å². The van der Waals surface area contributed by atoms with Crippen molar-refractivity contribution in [2.45, 2.75) is 62.2 Å². The van der Waals surface area contributed by atoms with Crippen LogP contribution in [0.3, 0.4) is 0 Å². The number of nitrogens with zero attached hydrogens (tertiary/aromatic N) is 1. The van der Waals surface area contributed by atoms with Gasteiger partial charge in [0.1, 0.15) is 6.54 Å². The van der Waals surface area contributed by atoms with Crippen LogP contribution in [0.2, 0.25) is 0 Å². The average molecular weight is 587 g/mol. The SMILES string of the molecule is CCN(CC(=O)OC)S(=O)(=O)CCC(CC(F)(C(F)(F)F)C(F)(F)F)CC(F)(C(F)(F)F)C(F)(F)F. The molecule has 0 bridgehead atoms. The van der Waals surface area contributed by atoms with Gasteiger partial charge in [0, 0.05) is 19.4 Å². The lowest BCUT2D eigenvalue weighted by Crippen LogP contribution is -2.57. The zero-order valence-electron chi connectivity index (χ0n) is 18.1. The van der Waals surface area contributed by atoms with Crippen LogP contribution in [0, 0.1) is 5.92 Å². The molecule has 0 saturated carbocycles. The highest BCUT2D eigenvalue weighted by Crippen LogP contribution is 2.54. The van der Waals surface area contributed by atoms with Gasteiger partial charge in [-0.25, -0.2) is 17.2 Å². The number of esters is 1. The van der Waals surface area contributed by atoms with Crippen LogP contribution >= 0.6 is 0 Å². The Morgan fingerprint density at radius 3 is 1.33 bits per heavy atom. The first-order valence-electron chi connectivity index (χ1n) is 9.39.